The molecule has 124 valence electrons. The molecule has 3 rings (SSSR count). The lowest BCUT2D eigenvalue weighted by Gasteiger charge is -2.07. The summed E-state index contributed by atoms with van der Waals surface area (Å²) < 4.78 is 1.37. The number of nitrogens with one attached hydrogen (secondary N) is 1. The van der Waals surface area contributed by atoms with Crippen LogP contribution in [0.2, 0.25) is 0 Å². The van der Waals surface area contributed by atoms with Crippen LogP contribution in [0.1, 0.15) is 5.56 Å². The Morgan fingerprint density at radius 1 is 1.08 bits per heavy atom. The maximum Gasteiger partial charge on any atom is 0.271 e. The Kier molecular flexibility index (Phi) is 4.96. The fraction of sp³-hybridized carbons (Fsp3) is 0. The summed E-state index contributed by atoms with van der Waals surface area (Å²) >= 11 is 4.67. The summed E-state index contributed by atoms with van der Waals surface area (Å²) in [5, 5.41) is 8.44. The van der Waals surface area contributed by atoms with Crippen LogP contribution in [0.15, 0.2) is 76.6 Å². The van der Waals surface area contributed by atoms with Gasteiger partial charge in [-0.05, 0) is 36.0 Å². The van der Waals surface area contributed by atoms with Gasteiger partial charge in [-0.1, -0.05) is 42.5 Å². The second kappa shape index (κ2) is 7.50. The van der Waals surface area contributed by atoms with Gasteiger partial charge in [-0.3, -0.25) is 10.2 Å². The number of hydrogen-bond donors (Lipinski definition) is 2. The Labute approximate surface area is 149 Å². The minimum atomic E-state index is -0.198. The SMILES string of the molecule is NC(=S)NN=Cc1ccc(-n2nc(-c3ccccc3)ccc2=O)cc1. The summed E-state index contributed by atoms with van der Waals surface area (Å²) in [5.41, 5.74) is 10.8. The highest BCUT2D eigenvalue weighted by molar-refractivity contribution is 7.80. The normalized spacial score (nSPS) is 10.7. The Hall–Kier alpha value is -3.32. The summed E-state index contributed by atoms with van der Waals surface area (Å²) in [5.74, 6) is 0. The first-order valence-corrected chi connectivity index (χ1v) is 7.89. The molecule has 1 aromatic heterocycles. The van der Waals surface area contributed by atoms with E-state index in [2.05, 4.69) is 27.8 Å². The van der Waals surface area contributed by atoms with Crippen molar-refractivity contribution in [2.45, 2.75) is 0 Å². The van der Waals surface area contributed by atoms with Crippen LogP contribution in [0.5, 0.6) is 0 Å². The van der Waals surface area contributed by atoms with Crippen LogP contribution in [-0.2, 0) is 0 Å². The Bertz CT molecular complexity index is 965. The average Bonchev–Trinajstić information content (AvgIpc) is 2.63. The minimum Gasteiger partial charge on any atom is -0.375 e. The van der Waals surface area contributed by atoms with Crippen LogP contribution < -0.4 is 16.7 Å². The van der Waals surface area contributed by atoms with Gasteiger partial charge in [0.05, 0.1) is 17.6 Å². The molecule has 3 N–H and O–H groups in total. The van der Waals surface area contributed by atoms with E-state index in [0.717, 1.165) is 16.8 Å². The predicted octanol–water partition coefficient (Wildman–Crippen LogP) is 2.07. The third-order valence-corrected chi connectivity index (χ3v) is 3.49. The van der Waals surface area contributed by atoms with Gasteiger partial charge in [0.15, 0.2) is 5.11 Å². The van der Waals surface area contributed by atoms with Crippen LogP contribution in [0.4, 0.5) is 0 Å². The second-order valence-electron chi connectivity index (χ2n) is 5.16. The van der Waals surface area contributed by atoms with Crippen molar-refractivity contribution >= 4 is 23.5 Å². The van der Waals surface area contributed by atoms with E-state index in [4.69, 9.17) is 5.73 Å². The number of nitrogens with zero attached hydrogens (tertiary/aromatic N) is 3. The number of thiocarbonyl (C=S) groups is 1. The highest BCUT2D eigenvalue weighted by Crippen LogP contribution is 2.15. The smallest absolute Gasteiger partial charge is 0.271 e. The molecule has 3 aromatic rings. The summed E-state index contributed by atoms with van der Waals surface area (Å²) in [4.78, 5) is 12.2. The zero-order valence-corrected chi connectivity index (χ0v) is 14.0. The van der Waals surface area contributed by atoms with Crippen molar-refractivity contribution in [2.24, 2.45) is 10.8 Å². The van der Waals surface area contributed by atoms with Crippen molar-refractivity contribution in [3.05, 3.63) is 82.6 Å². The number of hydrazone groups is 1. The first kappa shape index (κ1) is 16.5. The van der Waals surface area contributed by atoms with E-state index < -0.39 is 0 Å². The van der Waals surface area contributed by atoms with Gasteiger partial charge in [-0.15, -0.1) is 0 Å². The fourth-order valence-corrected chi connectivity index (χ4v) is 2.28. The standard InChI is InChI=1S/C18H15N5OS/c19-18(25)21-20-12-13-6-8-15(9-7-13)23-17(24)11-10-16(22-23)14-4-2-1-3-5-14/h1-12H,(H3,19,21,25). The number of nitrogens with two attached hydrogens (primary N) is 1. The quantitative estimate of drug-likeness (QED) is 0.428. The molecule has 0 fully saturated rings. The lowest BCUT2D eigenvalue weighted by molar-refractivity contribution is 0.812. The second-order valence-corrected chi connectivity index (χ2v) is 5.60. The van der Waals surface area contributed by atoms with Crippen LogP contribution in [0, 0.1) is 0 Å². The van der Waals surface area contributed by atoms with Gasteiger partial charge in [0, 0.05) is 11.6 Å². The largest absolute Gasteiger partial charge is 0.375 e. The molecule has 0 aliphatic carbocycles. The number of rotatable bonds is 4. The molecular weight excluding hydrogens is 334 g/mol. The van der Waals surface area contributed by atoms with E-state index in [-0.39, 0.29) is 10.7 Å². The van der Waals surface area contributed by atoms with E-state index in [1.807, 2.05) is 42.5 Å². The number of benzene rings is 2. The molecule has 0 aliphatic rings. The monoisotopic (exact) mass is 349 g/mol. The van der Waals surface area contributed by atoms with Gasteiger partial charge in [-0.25, -0.2) is 0 Å². The fourth-order valence-electron chi connectivity index (χ4n) is 2.23. The third-order valence-electron chi connectivity index (χ3n) is 3.40. The van der Waals surface area contributed by atoms with Crippen LogP contribution in [0.3, 0.4) is 0 Å². The van der Waals surface area contributed by atoms with E-state index in [1.54, 1.807) is 24.4 Å². The topological polar surface area (TPSA) is 85.3 Å². The van der Waals surface area contributed by atoms with Crippen molar-refractivity contribution < 1.29 is 0 Å². The lowest BCUT2D eigenvalue weighted by atomic mass is 10.1. The highest BCUT2D eigenvalue weighted by Gasteiger charge is 2.05. The van der Waals surface area contributed by atoms with Crippen LogP contribution in [-0.4, -0.2) is 21.1 Å². The Morgan fingerprint density at radius 2 is 1.80 bits per heavy atom. The Morgan fingerprint density at radius 3 is 2.48 bits per heavy atom. The molecule has 0 radical (unpaired) electrons. The van der Waals surface area contributed by atoms with E-state index in [0.29, 0.717) is 5.69 Å². The number of hydrogen-bond acceptors (Lipinski definition) is 4. The van der Waals surface area contributed by atoms with Gasteiger partial charge in [0.1, 0.15) is 0 Å². The molecule has 0 amide bonds. The molecule has 0 unspecified atom stereocenters. The molecule has 0 saturated heterocycles. The molecule has 0 spiro atoms. The highest BCUT2D eigenvalue weighted by atomic mass is 32.1. The summed E-state index contributed by atoms with van der Waals surface area (Å²) in [6.45, 7) is 0. The molecule has 0 saturated carbocycles. The number of aromatic nitrogens is 2. The minimum absolute atomic E-state index is 0.0985. The van der Waals surface area contributed by atoms with Gasteiger partial charge in [0.25, 0.3) is 5.56 Å². The summed E-state index contributed by atoms with van der Waals surface area (Å²) in [6, 6.07) is 20.2. The molecule has 25 heavy (non-hydrogen) atoms. The first-order chi connectivity index (χ1) is 12.1. The van der Waals surface area contributed by atoms with Crippen molar-refractivity contribution in [2.75, 3.05) is 0 Å². The predicted molar refractivity (Wildman–Crippen MR) is 103 cm³/mol. The average molecular weight is 349 g/mol. The third kappa shape index (κ3) is 4.15. The zero-order valence-electron chi connectivity index (χ0n) is 13.2. The van der Waals surface area contributed by atoms with Crippen molar-refractivity contribution in [3.63, 3.8) is 0 Å². The van der Waals surface area contributed by atoms with Gasteiger partial charge in [0.2, 0.25) is 0 Å². The first-order valence-electron chi connectivity index (χ1n) is 7.48. The lowest BCUT2D eigenvalue weighted by Crippen LogP contribution is -2.24. The molecule has 0 aliphatic heterocycles. The maximum atomic E-state index is 12.2. The van der Waals surface area contributed by atoms with Gasteiger partial charge in [-0.2, -0.15) is 14.9 Å². The molecule has 1 heterocycles. The van der Waals surface area contributed by atoms with Crippen LogP contribution >= 0.6 is 12.2 Å². The summed E-state index contributed by atoms with van der Waals surface area (Å²) in [7, 11) is 0. The summed E-state index contributed by atoms with van der Waals surface area (Å²) in [6.07, 6.45) is 1.58. The van der Waals surface area contributed by atoms with Crippen LogP contribution in [0.25, 0.3) is 16.9 Å². The molecule has 0 bridgehead atoms. The van der Waals surface area contributed by atoms with Gasteiger partial charge < -0.3 is 5.73 Å². The van der Waals surface area contributed by atoms with E-state index in [9.17, 15) is 4.79 Å². The van der Waals surface area contributed by atoms with Crippen molar-refractivity contribution in [1.29, 1.82) is 0 Å². The van der Waals surface area contributed by atoms with Crippen molar-refractivity contribution in [1.82, 2.24) is 15.2 Å². The van der Waals surface area contributed by atoms with E-state index >= 15 is 0 Å². The molecule has 0 atom stereocenters. The van der Waals surface area contributed by atoms with Crippen molar-refractivity contribution in [3.8, 4) is 16.9 Å². The molecule has 7 heteroatoms. The molecule has 2 aromatic carbocycles. The zero-order chi connectivity index (χ0) is 17.6. The molecular formula is C18H15N5OS. The van der Waals surface area contributed by atoms with E-state index in [1.165, 1.54) is 10.7 Å². The Balaban J connectivity index is 1.90. The molecule has 6 nitrogen and oxygen atoms in total. The van der Waals surface area contributed by atoms with Gasteiger partial charge >= 0.3 is 0 Å². The maximum absolute atomic E-state index is 12.2.